The van der Waals surface area contributed by atoms with E-state index in [1.807, 2.05) is 104 Å². The number of amides is 1. The Bertz CT molecular complexity index is 1680. The van der Waals surface area contributed by atoms with Crippen molar-refractivity contribution in [2.75, 3.05) is 13.7 Å². The average Bonchev–Trinajstić information content (AvgIpc) is 2.98. The van der Waals surface area contributed by atoms with Gasteiger partial charge in [0.2, 0.25) is 0 Å². The van der Waals surface area contributed by atoms with Gasteiger partial charge in [-0.15, -0.1) is 0 Å². The summed E-state index contributed by atoms with van der Waals surface area (Å²) < 4.78 is 7.22. The normalized spacial score (nSPS) is 11.8. The van der Waals surface area contributed by atoms with E-state index in [2.05, 4.69) is 12.1 Å². The number of rotatable bonds is 8. The van der Waals surface area contributed by atoms with E-state index < -0.39 is 6.04 Å². The summed E-state index contributed by atoms with van der Waals surface area (Å²) in [6.45, 7) is 4.32. The molecule has 0 N–H and O–H groups in total. The number of ether oxygens (including phenoxy) is 1. The molecule has 6 heteroatoms. The molecule has 0 radical (unpaired) electrons. The molecular formula is C33H31N3O3. The molecule has 0 fully saturated rings. The largest absolute Gasteiger partial charge is 0.495 e. The molecule has 0 aliphatic heterocycles. The summed E-state index contributed by atoms with van der Waals surface area (Å²) in [6, 6.07) is 31.8. The Morgan fingerprint density at radius 3 is 2.33 bits per heavy atom. The van der Waals surface area contributed by atoms with E-state index in [9.17, 15) is 9.59 Å². The average molecular weight is 518 g/mol. The molecule has 0 saturated heterocycles. The fourth-order valence-electron chi connectivity index (χ4n) is 4.95. The van der Waals surface area contributed by atoms with E-state index in [1.54, 1.807) is 17.7 Å². The summed E-state index contributed by atoms with van der Waals surface area (Å²) in [5.41, 5.74) is 3.61. The summed E-state index contributed by atoms with van der Waals surface area (Å²) in [5.74, 6) is 0.912. The van der Waals surface area contributed by atoms with Gasteiger partial charge < -0.3 is 9.64 Å². The number of aromatic nitrogens is 2. The highest BCUT2D eigenvalue weighted by Crippen LogP contribution is 2.29. The minimum Gasteiger partial charge on any atom is -0.495 e. The Kier molecular flexibility index (Phi) is 7.55. The second kappa shape index (κ2) is 11.4. The van der Waals surface area contributed by atoms with E-state index in [1.165, 1.54) is 0 Å². The standard InChI is InChI=1S/C33H31N3O3/c1-23-13-7-8-16-26(23)32(37)35(22-21-25-14-5-4-6-15-25)24(2)31-34-28-18-10-9-17-27(28)33(38)36(31)29-19-11-12-20-30(29)39-3/h4-20,24H,21-22H2,1-3H3. The molecule has 1 aromatic heterocycles. The zero-order chi connectivity index (χ0) is 27.4. The zero-order valence-corrected chi connectivity index (χ0v) is 22.4. The van der Waals surface area contributed by atoms with Crippen LogP contribution < -0.4 is 10.3 Å². The Balaban J connectivity index is 1.69. The lowest BCUT2D eigenvalue weighted by Crippen LogP contribution is -2.39. The van der Waals surface area contributed by atoms with Gasteiger partial charge in [-0.25, -0.2) is 4.98 Å². The van der Waals surface area contributed by atoms with Crippen LogP contribution in [0.5, 0.6) is 5.75 Å². The SMILES string of the molecule is COc1ccccc1-n1c(C(C)N(CCc2ccccc2)C(=O)c2ccccc2C)nc2ccccc2c1=O. The number of methoxy groups -OCH3 is 1. The second-order valence-electron chi connectivity index (χ2n) is 9.52. The van der Waals surface area contributed by atoms with Crippen molar-refractivity contribution < 1.29 is 9.53 Å². The van der Waals surface area contributed by atoms with Gasteiger partial charge in [0.1, 0.15) is 11.6 Å². The quantitative estimate of drug-likeness (QED) is 0.248. The molecule has 0 aliphatic carbocycles. The molecule has 1 amide bonds. The molecule has 0 aliphatic rings. The number of fused-ring (bicyclic) bond motifs is 1. The number of hydrogen-bond donors (Lipinski definition) is 0. The summed E-state index contributed by atoms with van der Waals surface area (Å²) in [7, 11) is 1.58. The molecule has 4 aromatic carbocycles. The Morgan fingerprint density at radius 1 is 0.897 bits per heavy atom. The summed E-state index contributed by atoms with van der Waals surface area (Å²) in [4.78, 5) is 34.9. The number of nitrogens with zero attached hydrogens (tertiary/aromatic N) is 3. The Morgan fingerprint density at radius 2 is 1.56 bits per heavy atom. The molecule has 0 saturated carbocycles. The first-order valence-corrected chi connectivity index (χ1v) is 13.0. The molecule has 1 atom stereocenters. The lowest BCUT2D eigenvalue weighted by atomic mass is 10.0. The van der Waals surface area contributed by atoms with Crippen molar-refractivity contribution in [3.63, 3.8) is 0 Å². The molecule has 5 rings (SSSR count). The molecule has 1 heterocycles. The zero-order valence-electron chi connectivity index (χ0n) is 22.4. The number of carbonyl (C=O) groups excluding carboxylic acids is 1. The Labute approximate surface area is 228 Å². The van der Waals surface area contributed by atoms with Crippen molar-refractivity contribution in [2.24, 2.45) is 0 Å². The number of para-hydroxylation sites is 3. The summed E-state index contributed by atoms with van der Waals surface area (Å²) in [5, 5.41) is 0.500. The topological polar surface area (TPSA) is 64.4 Å². The minimum absolute atomic E-state index is 0.106. The number of benzene rings is 4. The van der Waals surface area contributed by atoms with Crippen LogP contribution in [0, 0.1) is 6.92 Å². The van der Waals surface area contributed by atoms with Crippen LogP contribution in [0.15, 0.2) is 108 Å². The number of aryl methyl sites for hydroxylation is 1. The first-order valence-electron chi connectivity index (χ1n) is 13.0. The van der Waals surface area contributed by atoms with Crippen molar-refractivity contribution in [3.05, 3.63) is 136 Å². The van der Waals surface area contributed by atoms with Crippen LogP contribution in [-0.4, -0.2) is 34.0 Å². The van der Waals surface area contributed by atoms with Gasteiger partial charge in [-0.2, -0.15) is 0 Å². The van der Waals surface area contributed by atoms with Crippen molar-refractivity contribution in [3.8, 4) is 11.4 Å². The highest BCUT2D eigenvalue weighted by Gasteiger charge is 2.29. The summed E-state index contributed by atoms with van der Waals surface area (Å²) >= 11 is 0. The summed E-state index contributed by atoms with van der Waals surface area (Å²) in [6.07, 6.45) is 0.662. The van der Waals surface area contributed by atoms with Crippen LogP contribution in [0.2, 0.25) is 0 Å². The van der Waals surface area contributed by atoms with Gasteiger partial charge in [0.05, 0.1) is 29.7 Å². The van der Waals surface area contributed by atoms with Crippen LogP contribution in [0.4, 0.5) is 0 Å². The van der Waals surface area contributed by atoms with Crippen LogP contribution in [-0.2, 0) is 6.42 Å². The van der Waals surface area contributed by atoms with Crippen LogP contribution >= 0.6 is 0 Å². The van der Waals surface area contributed by atoms with E-state index in [0.29, 0.717) is 46.7 Å². The number of hydrogen-bond acceptors (Lipinski definition) is 4. The van der Waals surface area contributed by atoms with Crippen LogP contribution in [0.25, 0.3) is 16.6 Å². The highest BCUT2D eigenvalue weighted by molar-refractivity contribution is 5.96. The van der Waals surface area contributed by atoms with E-state index in [0.717, 1.165) is 11.1 Å². The molecule has 39 heavy (non-hydrogen) atoms. The predicted molar refractivity (Wildman–Crippen MR) is 155 cm³/mol. The van der Waals surface area contributed by atoms with Gasteiger partial charge >= 0.3 is 0 Å². The lowest BCUT2D eigenvalue weighted by molar-refractivity contribution is 0.0683. The van der Waals surface area contributed by atoms with Crippen molar-refractivity contribution >= 4 is 16.8 Å². The molecule has 196 valence electrons. The second-order valence-corrected chi connectivity index (χ2v) is 9.52. The van der Waals surface area contributed by atoms with Crippen LogP contribution in [0.1, 0.15) is 40.3 Å². The smallest absolute Gasteiger partial charge is 0.266 e. The predicted octanol–water partition coefficient (Wildman–Crippen LogP) is 6.15. The van der Waals surface area contributed by atoms with E-state index >= 15 is 0 Å². The maximum absolute atomic E-state index is 14.1. The molecule has 1 unspecified atom stereocenters. The lowest BCUT2D eigenvalue weighted by Gasteiger charge is -2.31. The van der Waals surface area contributed by atoms with Crippen molar-refractivity contribution in [2.45, 2.75) is 26.3 Å². The van der Waals surface area contributed by atoms with Gasteiger partial charge in [0.15, 0.2) is 0 Å². The van der Waals surface area contributed by atoms with Gasteiger partial charge in [0.25, 0.3) is 11.5 Å². The first kappa shape index (κ1) is 25.9. The van der Waals surface area contributed by atoms with Gasteiger partial charge in [0, 0.05) is 12.1 Å². The van der Waals surface area contributed by atoms with Gasteiger partial charge in [-0.1, -0.05) is 72.8 Å². The van der Waals surface area contributed by atoms with Crippen molar-refractivity contribution in [1.82, 2.24) is 14.5 Å². The maximum Gasteiger partial charge on any atom is 0.266 e. The van der Waals surface area contributed by atoms with Crippen LogP contribution in [0.3, 0.4) is 0 Å². The Hall–Kier alpha value is -4.71. The molecule has 5 aromatic rings. The van der Waals surface area contributed by atoms with E-state index in [4.69, 9.17) is 9.72 Å². The first-order chi connectivity index (χ1) is 19.0. The molecule has 6 nitrogen and oxygen atoms in total. The van der Waals surface area contributed by atoms with E-state index in [-0.39, 0.29) is 11.5 Å². The monoisotopic (exact) mass is 517 g/mol. The third-order valence-corrected chi connectivity index (χ3v) is 7.09. The van der Waals surface area contributed by atoms with Gasteiger partial charge in [-0.3, -0.25) is 14.2 Å². The fraction of sp³-hybridized carbons (Fsp3) is 0.182. The van der Waals surface area contributed by atoms with Crippen molar-refractivity contribution in [1.29, 1.82) is 0 Å². The molecule has 0 spiro atoms. The third-order valence-electron chi connectivity index (χ3n) is 7.09. The minimum atomic E-state index is -0.525. The number of carbonyl (C=O) groups is 1. The molecular weight excluding hydrogens is 486 g/mol. The highest BCUT2D eigenvalue weighted by atomic mass is 16.5. The fourth-order valence-corrected chi connectivity index (χ4v) is 4.95. The molecule has 0 bridgehead atoms. The third kappa shape index (κ3) is 5.18. The maximum atomic E-state index is 14.1. The van der Waals surface area contributed by atoms with Gasteiger partial charge in [-0.05, 0) is 61.7 Å².